The molecule has 0 aliphatic heterocycles. The Morgan fingerprint density at radius 3 is 2.83 bits per heavy atom. The highest BCUT2D eigenvalue weighted by molar-refractivity contribution is 5.17. The zero-order valence-electron chi connectivity index (χ0n) is 10.4. The second-order valence-electron chi connectivity index (χ2n) is 4.11. The van der Waals surface area contributed by atoms with Crippen LogP contribution in [0.3, 0.4) is 0 Å². The molecule has 1 heterocycles. The first-order chi connectivity index (χ1) is 8.75. The third-order valence-electron chi connectivity index (χ3n) is 2.67. The molecule has 0 aliphatic rings. The van der Waals surface area contributed by atoms with Gasteiger partial charge in [-0.05, 0) is 37.6 Å². The molecular weight excluding hydrogens is 229 g/mol. The Kier molecular flexibility index (Phi) is 4.36. The van der Waals surface area contributed by atoms with Crippen molar-refractivity contribution < 1.29 is 4.39 Å². The van der Waals surface area contributed by atoms with Crippen LogP contribution >= 0.6 is 0 Å². The van der Waals surface area contributed by atoms with Crippen LogP contribution in [0.4, 0.5) is 4.39 Å². The summed E-state index contributed by atoms with van der Waals surface area (Å²) >= 11 is 0. The quantitative estimate of drug-likeness (QED) is 0.821. The molecule has 4 heteroatoms. The minimum absolute atomic E-state index is 0.141. The van der Waals surface area contributed by atoms with Crippen LogP contribution < -0.4 is 5.32 Å². The molecule has 94 valence electrons. The lowest BCUT2D eigenvalue weighted by Crippen LogP contribution is -2.18. The Balaban J connectivity index is 1.78. The molecule has 0 saturated carbocycles. The number of aromatic nitrogens is 2. The summed E-state index contributed by atoms with van der Waals surface area (Å²) in [6.07, 6.45) is 2.42. The lowest BCUT2D eigenvalue weighted by atomic mass is 10.1. The monoisotopic (exact) mass is 245 g/mol. The zero-order valence-corrected chi connectivity index (χ0v) is 10.4. The van der Waals surface area contributed by atoms with Crippen LogP contribution in [0, 0.1) is 12.7 Å². The maximum absolute atomic E-state index is 13.3. The molecule has 2 rings (SSSR count). The molecule has 18 heavy (non-hydrogen) atoms. The number of aryl methyl sites for hydroxylation is 1. The van der Waals surface area contributed by atoms with Crippen molar-refractivity contribution in [2.75, 3.05) is 6.54 Å². The SMILES string of the molecule is Cc1nccc(CNCCc2ccccc2F)n1. The van der Waals surface area contributed by atoms with Gasteiger partial charge in [0.1, 0.15) is 11.6 Å². The van der Waals surface area contributed by atoms with Gasteiger partial charge in [-0.1, -0.05) is 18.2 Å². The summed E-state index contributed by atoms with van der Waals surface area (Å²) in [5.41, 5.74) is 1.69. The van der Waals surface area contributed by atoms with Gasteiger partial charge in [-0.2, -0.15) is 0 Å². The van der Waals surface area contributed by atoms with Crippen LogP contribution in [0.5, 0.6) is 0 Å². The number of hydrogen-bond donors (Lipinski definition) is 1. The summed E-state index contributed by atoms with van der Waals surface area (Å²) < 4.78 is 13.3. The summed E-state index contributed by atoms with van der Waals surface area (Å²) in [5, 5.41) is 3.25. The predicted molar refractivity (Wildman–Crippen MR) is 68.6 cm³/mol. The molecule has 0 aliphatic carbocycles. The largest absolute Gasteiger partial charge is 0.311 e. The average molecular weight is 245 g/mol. The van der Waals surface area contributed by atoms with Crippen molar-refractivity contribution in [3.63, 3.8) is 0 Å². The molecule has 0 fully saturated rings. The van der Waals surface area contributed by atoms with Gasteiger partial charge in [-0.3, -0.25) is 0 Å². The molecule has 3 nitrogen and oxygen atoms in total. The number of halogens is 1. The van der Waals surface area contributed by atoms with Crippen LogP contribution in [0.25, 0.3) is 0 Å². The molecule has 0 saturated heterocycles. The number of hydrogen-bond acceptors (Lipinski definition) is 3. The van der Waals surface area contributed by atoms with Gasteiger partial charge < -0.3 is 5.32 Å². The second kappa shape index (κ2) is 6.21. The van der Waals surface area contributed by atoms with Crippen molar-refractivity contribution in [1.29, 1.82) is 0 Å². The molecule has 1 aromatic carbocycles. The molecule has 0 radical (unpaired) electrons. The molecule has 2 aromatic rings. The highest BCUT2D eigenvalue weighted by Gasteiger charge is 2.00. The standard InChI is InChI=1S/C14H16FN3/c1-11-17-9-7-13(18-11)10-16-8-6-12-4-2-3-5-14(12)15/h2-5,7,9,16H,6,8,10H2,1H3. The zero-order chi connectivity index (χ0) is 12.8. The third-order valence-corrected chi connectivity index (χ3v) is 2.67. The van der Waals surface area contributed by atoms with Crippen molar-refractivity contribution in [3.8, 4) is 0 Å². The van der Waals surface area contributed by atoms with Crippen LogP contribution in [-0.2, 0) is 13.0 Å². The fraction of sp³-hybridized carbons (Fsp3) is 0.286. The molecule has 0 unspecified atom stereocenters. The number of nitrogens with one attached hydrogen (secondary N) is 1. The summed E-state index contributed by atoms with van der Waals surface area (Å²) in [6, 6.07) is 8.74. The maximum atomic E-state index is 13.3. The van der Waals surface area contributed by atoms with Gasteiger partial charge >= 0.3 is 0 Å². The van der Waals surface area contributed by atoms with Gasteiger partial charge in [0.2, 0.25) is 0 Å². The third kappa shape index (κ3) is 3.60. The van der Waals surface area contributed by atoms with Crippen LogP contribution in [0.1, 0.15) is 17.1 Å². The average Bonchev–Trinajstić information content (AvgIpc) is 2.37. The summed E-state index contributed by atoms with van der Waals surface area (Å²) in [4.78, 5) is 8.33. The molecule has 0 bridgehead atoms. The van der Waals surface area contributed by atoms with E-state index in [4.69, 9.17) is 0 Å². The Morgan fingerprint density at radius 1 is 1.22 bits per heavy atom. The smallest absolute Gasteiger partial charge is 0.126 e. The van der Waals surface area contributed by atoms with Gasteiger partial charge in [0.25, 0.3) is 0 Å². The van der Waals surface area contributed by atoms with Gasteiger partial charge in [0.15, 0.2) is 0 Å². The Labute approximate surface area is 106 Å². The van der Waals surface area contributed by atoms with Crippen molar-refractivity contribution in [1.82, 2.24) is 15.3 Å². The van der Waals surface area contributed by atoms with E-state index in [-0.39, 0.29) is 5.82 Å². The van der Waals surface area contributed by atoms with Crippen molar-refractivity contribution in [3.05, 3.63) is 59.4 Å². The summed E-state index contributed by atoms with van der Waals surface area (Å²) in [7, 11) is 0. The molecule has 1 N–H and O–H groups in total. The van der Waals surface area contributed by atoms with Crippen molar-refractivity contribution in [2.24, 2.45) is 0 Å². The molecule has 0 atom stereocenters. The molecular formula is C14H16FN3. The first-order valence-electron chi connectivity index (χ1n) is 5.98. The lowest BCUT2D eigenvalue weighted by molar-refractivity contribution is 0.596. The topological polar surface area (TPSA) is 37.8 Å². The van der Waals surface area contributed by atoms with Crippen LogP contribution in [0.15, 0.2) is 36.5 Å². The van der Waals surface area contributed by atoms with E-state index in [9.17, 15) is 4.39 Å². The first kappa shape index (κ1) is 12.6. The molecule has 1 aromatic heterocycles. The fourth-order valence-electron chi connectivity index (χ4n) is 1.74. The van der Waals surface area contributed by atoms with E-state index < -0.39 is 0 Å². The number of benzene rings is 1. The summed E-state index contributed by atoms with van der Waals surface area (Å²) in [5.74, 6) is 0.626. The minimum Gasteiger partial charge on any atom is -0.311 e. The van der Waals surface area contributed by atoms with E-state index in [1.807, 2.05) is 25.1 Å². The van der Waals surface area contributed by atoms with Crippen LogP contribution in [0.2, 0.25) is 0 Å². The fourth-order valence-corrected chi connectivity index (χ4v) is 1.74. The summed E-state index contributed by atoms with van der Waals surface area (Å²) in [6.45, 7) is 3.27. The Bertz CT molecular complexity index is 514. The first-order valence-corrected chi connectivity index (χ1v) is 5.98. The Morgan fingerprint density at radius 2 is 2.06 bits per heavy atom. The van der Waals surface area contributed by atoms with E-state index >= 15 is 0 Å². The number of rotatable bonds is 5. The van der Waals surface area contributed by atoms with E-state index in [1.54, 1.807) is 12.3 Å². The second-order valence-corrected chi connectivity index (χ2v) is 4.11. The van der Waals surface area contributed by atoms with Gasteiger partial charge in [0, 0.05) is 12.7 Å². The van der Waals surface area contributed by atoms with Crippen LogP contribution in [-0.4, -0.2) is 16.5 Å². The minimum atomic E-state index is -0.141. The van der Waals surface area contributed by atoms with Gasteiger partial charge in [-0.25, -0.2) is 14.4 Å². The van der Waals surface area contributed by atoms with E-state index in [0.29, 0.717) is 13.0 Å². The molecule has 0 amide bonds. The van der Waals surface area contributed by atoms with E-state index in [1.165, 1.54) is 6.07 Å². The van der Waals surface area contributed by atoms with E-state index in [2.05, 4.69) is 15.3 Å². The Hall–Kier alpha value is -1.81. The predicted octanol–water partition coefficient (Wildman–Crippen LogP) is 2.26. The normalized spacial score (nSPS) is 10.6. The lowest BCUT2D eigenvalue weighted by Gasteiger charge is -2.05. The maximum Gasteiger partial charge on any atom is 0.126 e. The number of nitrogens with zero attached hydrogens (tertiary/aromatic N) is 2. The molecule has 0 spiro atoms. The van der Waals surface area contributed by atoms with E-state index in [0.717, 1.165) is 23.6 Å². The van der Waals surface area contributed by atoms with Gasteiger partial charge in [0.05, 0.1) is 5.69 Å². The van der Waals surface area contributed by atoms with Crippen molar-refractivity contribution in [2.45, 2.75) is 19.9 Å². The van der Waals surface area contributed by atoms with Gasteiger partial charge in [-0.15, -0.1) is 0 Å². The van der Waals surface area contributed by atoms with Crippen molar-refractivity contribution >= 4 is 0 Å². The highest BCUT2D eigenvalue weighted by atomic mass is 19.1. The highest BCUT2D eigenvalue weighted by Crippen LogP contribution is 2.06.